The molecule has 0 amide bonds. The highest BCUT2D eigenvalue weighted by molar-refractivity contribution is 7.47. The van der Waals surface area contributed by atoms with Crippen LogP contribution in [0.5, 0.6) is 0 Å². The van der Waals surface area contributed by atoms with Gasteiger partial charge in [0.2, 0.25) is 0 Å². The van der Waals surface area contributed by atoms with Gasteiger partial charge in [0.05, 0.1) is 19.8 Å². The Labute approximate surface area is 385 Å². The van der Waals surface area contributed by atoms with E-state index in [2.05, 4.69) is 74.6 Å². The third-order valence-electron chi connectivity index (χ3n) is 10.7. The maximum Gasteiger partial charge on any atom is 0.472 e. The average Bonchev–Trinajstić information content (AvgIpc) is 3.27. The zero-order chi connectivity index (χ0) is 46.2. The average molecular weight is 909 g/mol. The standard InChI is InChI=1S/C52H93O10P/c1-3-5-7-9-11-13-15-17-19-21-23-24-26-27-29-31-33-35-37-39-41-43-51(55)59-47-50(48-61-63(57,58)60-46-49(54)45-53)62-52(56)44-42-40-38-36-34-32-30-28-25-22-20-18-16-14-12-10-8-6-4-2/h6,8,12,14,18,20,25,28,32,34,49-50,53-54H,3-5,7,9-11,13,15-17,19,21-24,26-27,29-31,33,35-48H2,1-2H3,(H,57,58)/b8-6+,14-12+,20-18+,28-25+,34-32+/t49-,50+/m0/s1. The molecule has 3 N–H and O–H groups in total. The molecule has 63 heavy (non-hydrogen) atoms. The minimum Gasteiger partial charge on any atom is -0.462 e. The number of carbonyl (C=O) groups is 2. The molecule has 3 atom stereocenters. The van der Waals surface area contributed by atoms with Gasteiger partial charge in [0, 0.05) is 12.8 Å². The second-order valence-corrected chi connectivity index (χ2v) is 18.3. The van der Waals surface area contributed by atoms with Gasteiger partial charge in [0.25, 0.3) is 0 Å². The van der Waals surface area contributed by atoms with Crippen molar-refractivity contribution in [3.63, 3.8) is 0 Å². The van der Waals surface area contributed by atoms with Crippen LogP contribution >= 0.6 is 7.82 Å². The van der Waals surface area contributed by atoms with E-state index in [1.54, 1.807) is 0 Å². The van der Waals surface area contributed by atoms with Gasteiger partial charge in [-0.25, -0.2) is 4.57 Å². The van der Waals surface area contributed by atoms with Crippen molar-refractivity contribution in [2.24, 2.45) is 0 Å². The molecule has 0 fully saturated rings. The highest BCUT2D eigenvalue weighted by Crippen LogP contribution is 2.43. The van der Waals surface area contributed by atoms with Gasteiger partial charge in [0.1, 0.15) is 12.7 Å². The molecule has 0 radical (unpaired) electrons. The number of unbranched alkanes of at least 4 members (excludes halogenated alkanes) is 23. The van der Waals surface area contributed by atoms with Crippen molar-refractivity contribution in [2.75, 3.05) is 26.4 Å². The Morgan fingerprint density at radius 2 is 0.873 bits per heavy atom. The molecule has 0 heterocycles. The number of hydrogen-bond donors (Lipinski definition) is 3. The molecule has 1 unspecified atom stereocenters. The van der Waals surface area contributed by atoms with Crippen LogP contribution in [0.4, 0.5) is 0 Å². The van der Waals surface area contributed by atoms with Crippen LogP contribution in [0, 0.1) is 0 Å². The zero-order valence-corrected chi connectivity index (χ0v) is 40.9. The minimum atomic E-state index is -4.63. The summed E-state index contributed by atoms with van der Waals surface area (Å²) in [6.07, 6.45) is 54.8. The molecule has 366 valence electrons. The van der Waals surface area contributed by atoms with Gasteiger partial charge in [0.15, 0.2) is 6.10 Å². The van der Waals surface area contributed by atoms with Gasteiger partial charge >= 0.3 is 19.8 Å². The summed E-state index contributed by atoms with van der Waals surface area (Å²) in [6.45, 7) is 2.26. The van der Waals surface area contributed by atoms with Crippen molar-refractivity contribution in [3.05, 3.63) is 60.8 Å². The molecule has 10 nitrogen and oxygen atoms in total. The summed E-state index contributed by atoms with van der Waals surface area (Å²) in [5.41, 5.74) is 0. The number of allylic oxidation sites excluding steroid dienone is 10. The van der Waals surface area contributed by atoms with Gasteiger partial charge in [-0.3, -0.25) is 18.6 Å². The van der Waals surface area contributed by atoms with Crippen LogP contribution in [-0.4, -0.2) is 65.7 Å². The number of aliphatic hydroxyl groups excluding tert-OH is 2. The molecule has 0 spiro atoms. The van der Waals surface area contributed by atoms with Gasteiger partial charge in [-0.1, -0.05) is 209 Å². The molecule has 0 aromatic heterocycles. The lowest BCUT2D eigenvalue weighted by molar-refractivity contribution is -0.161. The predicted octanol–water partition coefficient (Wildman–Crippen LogP) is 14.2. The van der Waals surface area contributed by atoms with Crippen molar-refractivity contribution in [3.8, 4) is 0 Å². The number of phosphoric acid groups is 1. The van der Waals surface area contributed by atoms with Crippen LogP contribution in [0.25, 0.3) is 0 Å². The predicted molar refractivity (Wildman–Crippen MR) is 260 cm³/mol. The molecule has 0 bridgehead atoms. The number of phosphoric ester groups is 1. The highest BCUT2D eigenvalue weighted by atomic mass is 31.2. The van der Waals surface area contributed by atoms with Crippen molar-refractivity contribution >= 4 is 19.8 Å². The topological polar surface area (TPSA) is 149 Å². The van der Waals surface area contributed by atoms with E-state index < -0.39 is 51.8 Å². The Morgan fingerprint density at radius 3 is 1.32 bits per heavy atom. The highest BCUT2D eigenvalue weighted by Gasteiger charge is 2.27. The lowest BCUT2D eigenvalue weighted by Gasteiger charge is -2.20. The molecule has 0 rings (SSSR count). The molecule has 0 aliphatic heterocycles. The molecule has 0 saturated heterocycles. The first-order valence-electron chi connectivity index (χ1n) is 25.2. The molecule has 0 saturated carbocycles. The van der Waals surface area contributed by atoms with Crippen molar-refractivity contribution in [2.45, 2.75) is 232 Å². The maximum absolute atomic E-state index is 12.7. The van der Waals surface area contributed by atoms with E-state index in [0.717, 1.165) is 70.6 Å². The molecule has 0 aromatic carbocycles. The number of carbonyl (C=O) groups excluding carboxylic acids is 2. The van der Waals surface area contributed by atoms with E-state index in [9.17, 15) is 24.2 Å². The summed E-state index contributed by atoms with van der Waals surface area (Å²) in [4.78, 5) is 35.2. The molecule has 11 heteroatoms. The Balaban J connectivity index is 4.23. The third-order valence-corrected chi connectivity index (χ3v) is 11.6. The van der Waals surface area contributed by atoms with Gasteiger partial charge in [-0.15, -0.1) is 0 Å². The first-order chi connectivity index (χ1) is 30.7. The second-order valence-electron chi connectivity index (χ2n) is 16.8. The summed E-state index contributed by atoms with van der Waals surface area (Å²) in [5, 5.41) is 18.4. The Bertz CT molecular complexity index is 1230. The maximum atomic E-state index is 12.7. The molecule has 0 aromatic rings. The summed E-state index contributed by atoms with van der Waals surface area (Å²) in [6, 6.07) is 0. The zero-order valence-electron chi connectivity index (χ0n) is 40.0. The number of esters is 2. The number of rotatable bonds is 47. The van der Waals surface area contributed by atoms with Crippen LogP contribution in [0.1, 0.15) is 219 Å². The SMILES string of the molecule is CC/C=C/C/C=C/C/C=C/C/C=C/C/C=C/CCCCCC(=O)O[C@H](COC(=O)CCCCCCCCCCCCCCCCCCCCCCC)COP(=O)(O)OC[C@@H](O)CO. The first kappa shape index (κ1) is 60.7. The summed E-state index contributed by atoms with van der Waals surface area (Å²) >= 11 is 0. The Kier molecular flexibility index (Phi) is 45.9. The van der Waals surface area contributed by atoms with Gasteiger partial charge < -0.3 is 24.6 Å². The number of aliphatic hydroxyl groups is 2. The normalized spacial score (nSPS) is 14.2. The van der Waals surface area contributed by atoms with E-state index >= 15 is 0 Å². The van der Waals surface area contributed by atoms with E-state index in [4.69, 9.17) is 23.6 Å². The van der Waals surface area contributed by atoms with Gasteiger partial charge in [-0.05, 0) is 57.8 Å². The minimum absolute atomic E-state index is 0.144. The fourth-order valence-corrected chi connectivity index (χ4v) is 7.63. The lowest BCUT2D eigenvalue weighted by Crippen LogP contribution is -2.29. The van der Waals surface area contributed by atoms with Crippen molar-refractivity contribution in [1.82, 2.24) is 0 Å². The van der Waals surface area contributed by atoms with Crippen LogP contribution in [0.2, 0.25) is 0 Å². The number of ether oxygens (including phenoxy) is 2. The summed E-state index contributed by atoms with van der Waals surface area (Å²) < 4.78 is 32.8. The van der Waals surface area contributed by atoms with E-state index in [1.165, 1.54) is 109 Å². The van der Waals surface area contributed by atoms with E-state index in [-0.39, 0.29) is 19.4 Å². The van der Waals surface area contributed by atoms with E-state index in [0.29, 0.717) is 12.8 Å². The van der Waals surface area contributed by atoms with Crippen LogP contribution in [0.3, 0.4) is 0 Å². The molecule has 0 aliphatic carbocycles. The van der Waals surface area contributed by atoms with Gasteiger partial charge in [-0.2, -0.15) is 0 Å². The lowest BCUT2D eigenvalue weighted by atomic mass is 10.0. The summed E-state index contributed by atoms with van der Waals surface area (Å²) in [7, 11) is -4.63. The second kappa shape index (κ2) is 47.6. The molecular weight excluding hydrogens is 816 g/mol. The van der Waals surface area contributed by atoms with Crippen LogP contribution < -0.4 is 0 Å². The molecular formula is C52H93O10P. The fourth-order valence-electron chi connectivity index (χ4n) is 6.84. The number of hydrogen-bond acceptors (Lipinski definition) is 9. The first-order valence-corrected chi connectivity index (χ1v) is 26.7. The van der Waals surface area contributed by atoms with Crippen LogP contribution in [-0.2, 0) is 32.7 Å². The van der Waals surface area contributed by atoms with Crippen LogP contribution in [0.15, 0.2) is 60.8 Å². The van der Waals surface area contributed by atoms with Crippen molar-refractivity contribution in [1.29, 1.82) is 0 Å². The Morgan fingerprint density at radius 1 is 0.492 bits per heavy atom. The fraction of sp³-hybridized carbons (Fsp3) is 0.769. The molecule has 0 aliphatic rings. The van der Waals surface area contributed by atoms with E-state index in [1.807, 2.05) is 0 Å². The Hall–Kier alpha value is -2.33. The monoisotopic (exact) mass is 909 g/mol. The van der Waals surface area contributed by atoms with Crippen molar-refractivity contribution < 1.29 is 47.8 Å². The quantitative estimate of drug-likeness (QED) is 0.0233. The largest absolute Gasteiger partial charge is 0.472 e. The third kappa shape index (κ3) is 47.5. The summed E-state index contributed by atoms with van der Waals surface area (Å²) in [5.74, 6) is -0.957. The smallest absolute Gasteiger partial charge is 0.462 e.